The second kappa shape index (κ2) is 8.12. The van der Waals surface area contributed by atoms with Crippen LogP contribution in [0.4, 0.5) is 0 Å². The molecule has 1 N–H and O–H groups in total. The fraction of sp³-hybridized carbons (Fsp3) is 0.533. The van der Waals surface area contributed by atoms with E-state index in [4.69, 9.17) is 4.74 Å². The number of rotatable bonds is 4. The maximum absolute atomic E-state index is 12.1. The lowest BCUT2D eigenvalue weighted by Gasteiger charge is -2.32. The Hall–Kier alpha value is -1.26. The highest BCUT2D eigenvalue weighted by Gasteiger charge is 2.22. The number of carbonyl (C=O) groups is 1. The lowest BCUT2D eigenvalue weighted by molar-refractivity contribution is -0.134. The van der Waals surface area contributed by atoms with Crippen molar-refractivity contribution >= 4 is 18.3 Å². The third-order valence-corrected chi connectivity index (χ3v) is 3.53. The number of benzene rings is 1. The number of hydrogen-bond acceptors (Lipinski definition) is 3. The van der Waals surface area contributed by atoms with Crippen molar-refractivity contribution in [1.29, 1.82) is 0 Å². The number of likely N-dealkylation sites (N-methyl/N-ethyl adjacent to an activating group) is 1. The molecule has 1 aromatic carbocycles. The molecule has 0 bridgehead atoms. The summed E-state index contributed by atoms with van der Waals surface area (Å²) in [5.74, 6) is 0.831. The average molecular weight is 299 g/mol. The van der Waals surface area contributed by atoms with Crippen molar-refractivity contribution in [3.05, 3.63) is 29.8 Å². The van der Waals surface area contributed by atoms with Crippen molar-refractivity contribution in [3.63, 3.8) is 0 Å². The van der Waals surface area contributed by atoms with Gasteiger partial charge in [-0.05, 0) is 44.5 Å². The topological polar surface area (TPSA) is 41.6 Å². The molecule has 0 aromatic heterocycles. The molecular formula is C15H23ClN2O2. The van der Waals surface area contributed by atoms with Crippen LogP contribution in [0, 0.1) is 6.92 Å². The van der Waals surface area contributed by atoms with E-state index in [0.29, 0.717) is 6.04 Å². The Balaban J connectivity index is 0.00000200. The molecule has 0 spiro atoms. The summed E-state index contributed by atoms with van der Waals surface area (Å²) in [6.45, 7) is 3.76. The number of ether oxygens (including phenoxy) is 1. The first-order valence-electron chi connectivity index (χ1n) is 6.83. The van der Waals surface area contributed by atoms with Crippen molar-refractivity contribution < 1.29 is 9.53 Å². The van der Waals surface area contributed by atoms with E-state index in [1.54, 1.807) is 0 Å². The fourth-order valence-electron chi connectivity index (χ4n) is 2.38. The van der Waals surface area contributed by atoms with Gasteiger partial charge in [0.1, 0.15) is 5.75 Å². The number of amides is 1. The fourth-order valence-corrected chi connectivity index (χ4v) is 2.38. The molecule has 0 radical (unpaired) electrons. The predicted molar refractivity (Wildman–Crippen MR) is 82.6 cm³/mol. The zero-order chi connectivity index (χ0) is 13.7. The zero-order valence-corrected chi connectivity index (χ0v) is 12.9. The maximum Gasteiger partial charge on any atom is 0.260 e. The molecule has 1 amide bonds. The quantitative estimate of drug-likeness (QED) is 0.924. The van der Waals surface area contributed by atoms with Gasteiger partial charge in [-0.25, -0.2) is 0 Å². The minimum Gasteiger partial charge on any atom is -0.484 e. The number of carbonyl (C=O) groups excluding carboxylic acids is 1. The number of nitrogens with zero attached hydrogens (tertiary/aromatic N) is 1. The lowest BCUT2D eigenvalue weighted by atomic mass is 10.1. The van der Waals surface area contributed by atoms with Gasteiger partial charge < -0.3 is 15.0 Å². The summed E-state index contributed by atoms with van der Waals surface area (Å²) in [6.07, 6.45) is 2.20. The van der Waals surface area contributed by atoms with Crippen LogP contribution in [0.2, 0.25) is 0 Å². The van der Waals surface area contributed by atoms with Gasteiger partial charge in [-0.15, -0.1) is 12.4 Å². The van der Waals surface area contributed by atoms with Gasteiger partial charge in [0, 0.05) is 19.1 Å². The van der Waals surface area contributed by atoms with Gasteiger partial charge in [-0.3, -0.25) is 4.79 Å². The molecule has 5 heteroatoms. The van der Waals surface area contributed by atoms with Crippen LogP contribution < -0.4 is 10.1 Å². The van der Waals surface area contributed by atoms with Crippen LogP contribution in [0.1, 0.15) is 18.4 Å². The van der Waals surface area contributed by atoms with Gasteiger partial charge >= 0.3 is 0 Å². The molecule has 1 heterocycles. The van der Waals surface area contributed by atoms with Crippen molar-refractivity contribution in [1.82, 2.24) is 10.2 Å². The molecule has 20 heavy (non-hydrogen) atoms. The van der Waals surface area contributed by atoms with E-state index >= 15 is 0 Å². The molecule has 1 saturated heterocycles. The van der Waals surface area contributed by atoms with E-state index < -0.39 is 0 Å². The third-order valence-electron chi connectivity index (χ3n) is 3.53. The van der Waals surface area contributed by atoms with Gasteiger partial charge in [0.15, 0.2) is 6.61 Å². The van der Waals surface area contributed by atoms with Gasteiger partial charge in [-0.2, -0.15) is 0 Å². The Labute approximate surface area is 126 Å². The molecule has 0 saturated carbocycles. The second-order valence-electron chi connectivity index (χ2n) is 5.07. The van der Waals surface area contributed by atoms with Gasteiger partial charge in [-0.1, -0.05) is 12.1 Å². The first-order valence-corrected chi connectivity index (χ1v) is 6.83. The molecule has 0 aliphatic carbocycles. The third kappa shape index (κ3) is 4.69. The van der Waals surface area contributed by atoms with Crippen LogP contribution in [0.3, 0.4) is 0 Å². The molecule has 1 fully saturated rings. The SMILES string of the molecule is CNC1CCCN(C(=O)COc2cccc(C)c2)C1.Cl. The number of likely N-dealkylation sites (tertiary alicyclic amines) is 1. The van der Waals surface area contributed by atoms with Crippen LogP contribution in [-0.4, -0.2) is 43.6 Å². The summed E-state index contributed by atoms with van der Waals surface area (Å²) in [7, 11) is 1.95. The second-order valence-corrected chi connectivity index (χ2v) is 5.07. The smallest absolute Gasteiger partial charge is 0.260 e. The summed E-state index contributed by atoms with van der Waals surface area (Å²) in [5.41, 5.74) is 1.14. The molecule has 2 rings (SSSR count). The Morgan fingerprint density at radius 2 is 2.30 bits per heavy atom. The summed E-state index contributed by atoms with van der Waals surface area (Å²) in [4.78, 5) is 14.0. The molecule has 1 unspecified atom stereocenters. The van der Waals surface area contributed by atoms with E-state index in [-0.39, 0.29) is 24.9 Å². The molecule has 1 aliphatic heterocycles. The molecule has 1 atom stereocenters. The van der Waals surface area contributed by atoms with Crippen molar-refractivity contribution in [2.45, 2.75) is 25.8 Å². The van der Waals surface area contributed by atoms with E-state index in [1.165, 1.54) is 0 Å². The van der Waals surface area contributed by atoms with E-state index in [2.05, 4.69) is 5.32 Å². The highest BCUT2D eigenvalue weighted by Crippen LogP contribution is 2.14. The maximum atomic E-state index is 12.1. The number of halogens is 1. The van der Waals surface area contributed by atoms with Gasteiger partial charge in [0.05, 0.1) is 0 Å². The standard InChI is InChI=1S/C15H22N2O2.ClH/c1-12-5-3-7-14(9-12)19-11-15(18)17-8-4-6-13(10-17)16-2;/h3,5,7,9,13,16H,4,6,8,10-11H2,1-2H3;1H. The van der Waals surface area contributed by atoms with Crippen LogP contribution in [0.15, 0.2) is 24.3 Å². The number of piperidine rings is 1. The van der Waals surface area contributed by atoms with Gasteiger partial charge in [0.25, 0.3) is 5.91 Å². The van der Waals surface area contributed by atoms with E-state index in [0.717, 1.165) is 37.2 Å². The molecule has 1 aromatic rings. The van der Waals surface area contributed by atoms with Crippen molar-refractivity contribution in [2.75, 3.05) is 26.7 Å². The van der Waals surface area contributed by atoms with E-state index in [9.17, 15) is 4.79 Å². The van der Waals surface area contributed by atoms with Crippen LogP contribution in [-0.2, 0) is 4.79 Å². The number of nitrogens with one attached hydrogen (secondary N) is 1. The zero-order valence-electron chi connectivity index (χ0n) is 12.1. The molecular weight excluding hydrogens is 276 g/mol. The van der Waals surface area contributed by atoms with Crippen LogP contribution in [0.5, 0.6) is 5.75 Å². The first kappa shape index (κ1) is 16.8. The summed E-state index contributed by atoms with van der Waals surface area (Å²) >= 11 is 0. The Morgan fingerprint density at radius 1 is 1.50 bits per heavy atom. The summed E-state index contributed by atoms with van der Waals surface area (Å²) < 4.78 is 5.56. The molecule has 112 valence electrons. The first-order chi connectivity index (χ1) is 9.19. The average Bonchev–Trinajstić information content (AvgIpc) is 2.45. The minimum absolute atomic E-state index is 0. The lowest BCUT2D eigenvalue weighted by Crippen LogP contribution is -2.48. The predicted octanol–water partition coefficient (Wildman–Crippen LogP) is 2.01. The summed E-state index contributed by atoms with van der Waals surface area (Å²) in [5, 5.41) is 3.24. The van der Waals surface area contributed by atoms with E-state index in [1.807, 2.05) is 43.1 Å². The molecule has 1 aliphatic rings. The largest absolute Gasteiger partial charge is 0.484 e. The number of hydrogen-bond donors (Lipinski definition) is 1. The highest BCUT2D eigenvalue weighted by atomic mass is 35.5. The van der Waals surface area contributed by atoms with Crippen LogP contribution >= 0.6 is 12.4 Å². The molecule has 4 nitrogen and oxygen atoms in total. The van der Waals surface area contributed by atoms with Gasteiger partial charge in [0.2, 0.25) is 0 Å². The van der Waals surface area contributed by atoms with Crippen molar-refractivity contribution in [3.8, 4) is 5.75 Å². The Kier molecular flexibility index (Phi) is 6.82. The minimum atomic E-state index is 0. The van der Waals surface area contributed by atoms with Crippen LogP contribution in [0.25, 0.3) is 0 Å². The summed E-state index contributed by atoms with van der Waals surface area (Å²) in [6, 6.07) is 8.19. The Bertz CT molecular complexity index is 440. The highest BCUT2D eigenvalue weighted by molar-refractivity contribution is 5.85. The Morgan fingerprint density at radius 3 is 3.00 bits per heavy atom. The monoisotopic (exact) mass is 298 g/mol. The van der Waals surface area contributed by atoms with Crippen molar-refractivity contribution in [2.24, 2.45) is 0 Å². The normalized spacial score (nSPS) is 18.3. The number of aryl methyl sites for hydroxylation is 1.